The first-order valence-electron chi connectivity index (χ1n) is 10.5. The second-order valence-electron chi connectivity index (χ2n) is 7.92. The van der Waals surface area contributed by atoms with Crippen LogP contribution in [0.3, 0.4) is 0 Å². The van der Waals surface area contributed by atoms with Gasteiger partial charge in [-0.25, -0.2) is 4.98 Å². The van der Waals surface area contributed by atoms with Crippen LogP contribution < -0.4 is 9.80 Å². The molecule has 0 unspecified atom stereocenters. The third-order valence-corrected chi connectivity index (χ3v) is 5.87. The van der Waals surface area contributed by atoms with Gasteiger partial charge in [-0.2, -0.15) is 0 Å². The van der Waals surface area contributed by atoms with Crippen molar-refractivity contribution in [3.63, 3.8) is 0 Å². The molecule has 1 aromatic carbocycles. The maximum Gasteiger partial charge on any atom is 0.272 e. The lowest BCUT2D eigenvalue weighted by atomic mass is 10.2. The van der Waals surface area contributed by atoms with Gasteiger partial charge in [0, 0.05) is 45.0 Å². The number of pyridine rings is 1. The number of benzene rings is 1. The summed E-state index contributed by atoms with van der Waals surface area (Å²) in [7, 11) is 0. The highest BCUT2D eigenvalue weighted by atomic mass is 16.2. The van der Waals surface area contributed by atoms with Crippen molar-refractivity contribution in [1.29, 1.82) is 0 Å². The van der Waals surface area contributed by atoms with Gasteiger partial charge in [0.25, 0.3) is 5.91 Å². The Morgan fingerprint density at radius 3 is 2.18 bits per heavy atom. The molecule has 0 saturated carbocycles. The maximum absolute atomic E-state index is 12.9. The number of rotatable bonds is 3. The summed E-state index contributed by atoms with van der Waals surface area (Å²) >= 11 is 0. The number of piperazine rings is 1. The molecule has 0 aliphatic carbocycles. The van der Waals surface area contributed by atoms with Crippen LogP contribution >= 0.6 is 0 Å². The van der Waals surface area contributed by atoms with E-state index < -0.39 is 0 Å². The zero-order valence-electron chi connectivity index (χ0n) is 16.8. The summed E-state index contributed by atoms with van der Waals surface area (Å²) in [4.78, 5) is 24.1. The topological polar surface area (TPSA) is 39.7 Å². The molecule has 0 spiro atoms. The quantitative estimate of drug-likeness (QED) is 0.816. The van der Waals surface area contributed by atoms with Crippen LogP contribution in [0, 0.1) is 6.92 Å². The molecule has 148 valence electrons. The number of aromatic nitrogens is 1. The van der Waals surface area contributed by atoms with Gasteiger partial charge in [0.2, 0.25) is 0 Å². The minimum absolute atomic E-state index is 0.0475. The normalized spacial score (nSPS) is 18.1. The Morgan fingerprint density at radius 2 is 1.54 bits per heavy atom. The molecule has 0 radical (unpaired) electrons. The number of aryl methyl sites for hydroxylation is 1. The van der Waals surface area contributed by atoms with Gasteiger partial charge in [0.05, 0.1) is 11.9 Å². The Morgan fingerprint density at radius 1 is 0.821 bits per heavy atom. The van der Waals surface area contributed by atoms with E-state index in [-0.39, 0.29) is 5.91 Å². The van der Waals surface area contributed by atoms with Crippen molar-refractivity contribution in [2.75, 3.05) is 49.1 Å². The monoisotopic (exact) mass is 378 g/mol. The minimum atomic E-state index is 0.0475. The van der Waals surface area contributed by atoms with Gasteiger partial charge >= 0.3 is 0 Å². The summed E-state index contributed by atoms with van der Waals surface area (Å²) in [6, 6.07) is 12.5. The molecule has 5 nitrogen and oxygen atoms in total. The summed E-state index contributed by atoms with van der Waals surface area (Å²) in [5, 5.41) is 0. The molecule has 2 saturated heterocycles. The lowest BCUT2D eigenvalue weighted by Crippen LogP contribution is -2.49. The average molecular weight is 379 g/mol. The first-order valence-corrected chi connectivity index (χ1v) is 10.5. The number of anilines is 2. The van der Waals surface area contributed by atoms with E-state index in [0.717, 1.165) is 45.0 Å². The Balaban J connectivity index is 1.36. The third kappa shape index (κ3) is 4.29. The van der Waals surface area contributed by atoms with E-state index in [1.807, 2.05) is 17.2 Å². The minimum Gasteiger partial charge on any atom is -0.370 e. The predicted molar refractivity (Wildman–Crippen MR) is 114 cm³/mol. The van der Waals surface area contributed by atoms with Crippen LogP contribution in [-0.2, 0) is 0 Å². The van der Waals surface area contributed by atoms with Crippen LogP contribution in [-0.4, -0.2) is 55.1 Å². The molecular formula is C23H30N4O. The number of amides is 1. The summed E-state index contributed by atoms with van der Waals surface area (Å²) in [6.45, 7) is 7.50. The summed E-state index contributed by atoms with van der Waals surface area (Å²) in [6.07, 6.45) is 6.99. The van der Waals surface area contributed by atoms with E-state index in [9.17, 15) is 4.79 Å². The van der Waals surface area contributed by atoms with Gasteiger partial charge in [-0.3, -0.25) is 4.79 Å². The highest BCUT2D eigenvalue weighted by molar-refractivity contribution is 5.92. The molecule has 4 rings (SSSR count). The SMILES string of the molecule is Cc1cccc(N2CCN(C(=O)c3ccc(N4CCCCCC4)cn3)CC2)c1. The highest BCUT2D eigenvalue weighted by Gasteiger charge is 2.23. The zero-order chi connectivity index (χ0) is 19.3. The molecule has 0 N–H and O–H groups in total. The number of nitrogens with zero attached hydrogens (tertiary/aromatic N) is 4. The fourth-order valence-electron chi connectivity index (χ4n) is 4.18. The van der Waals surface area contributed by atoms with E-state index in [1.54, 1.807) is 0 Å². The first-order chi connectivity index (χ1) is 13.7. The molecule has 2 aliphatic heterocycles. The van der Waals surface area contributed by atoms with Crippen LogP contribution in [0.15, 0.2) is 42.6 Å². The highest BCUT2D eigenvalue weighted by Crippen LogP contribution is 2.21. The molecule has 2 aromatic rings. The number of hydrogen-bond acceptors (Lipinski definition) is 4. The van der Waals surface area contributed by atoms with E-state index in [4.69, 9.17) is 0 Å². The number of carbonyl (C=O) groups excluding carboxylic acids is 1. The molecule has 3 heterocycles. The molecular weight excluding hydrogens is 348 g/mol. The van der Waals surface area contributed by atoms with Crippen molar-refractivity contribution in [3.8, 4) is 0 Å². The molecule has 0 atom stereocenters. The van der Waals surface area contributed by atoms with Crippen molar-refractivity contribution in [2.45, 2.75) is 32.6 Å². The van der Waals surface area contributed by atoms with Gasteiger partial charge in [-0.05, 0) is 49.6 Å². The average Bonchev–Trinajstić information content (AvgIpc) is 3.03. The van der Waals surface area contributed by atoms with Crippen molar-refractivity contribution < 1.29 is 4.79 Å². The molecule has 1 aromatic heterocycles. The molecule has 28 heavy (non-hydrogen) atoms. The molecule has 2 aliphatic rings. The van der Waals surface area contributed by atoms with Crippen molar-refractivity contribution in [3.05, 3.63) is 53.9 Å². The molecule has 0 bridgehead atoms. The second kappa shape index (κ2) is 8.63. The van der Waals surface area contributed by atoms with E-state index in [0.29, 0.717) is 5.69 Å². The fraction of sp³-hybridized carbons (Fsp3) is 0.478. The van der Waals surface area contributed by atoms with Gasteiger partial charge in [-0.15, -0.1) is 0 Å². The third-order valence-electron chi connectivity index (χ3n) is 5.87. The first kappa shape index (κ1) is 18.8. The van der Waals surface area contributed by atoms with E-state index in [2.05, 4.69) is 52.0 Å². The van der Waals surface area contributed by atoms with Gasteiger partial charge in [0.1, 0.15) is 5.69 Å². The summed E-state index contributed by atoms with van der Waals surface area (Å²) < 4.78 is 0. The number of hydrogen-bond donors (Lipinski definition) is 0. The second-order valence-corrected chi connectivity index (χ2v) is 7.92. The maximum atomic E-state index is 12.9. The van der Waals surface area contributed by atoms with Crippen molar-refractivity contribution in [1.82, 2.24) is 9.88 Å². The Kier molecular flexibility index (Phi) is 5.79. The van der Waals surface area contributed by atoms with E-state index in [1.165, 1.54) is 36.9 Å². The van der Waals surface area contributed by atoms with Crippen LogP contribution in [0.2, 0.25) is 0 Å². The largest absolute Gasteiger partial charge is 0.370 e. The van der Waals surface area contributed by atoms with Crippen LogP contribution in [0.1, 0.15) is 41.7 Å². The van der Waals surface area contributed by atoms with Crippen LogP contribution in [0.4, 0.5) is 11.4 Å². The van der Waals surface area contributed by atoms with Crippen LogP contribution in [0.5, 0.6) is 0 Å². The number of carbonyl (C=O) groups is 1. The summed E-state index contributed by atoms with van der Waals surface area (Å²) in [5.41, 5.74) is 4.21. The zero-order valence-corrected chi connectivity index (χ0v) is 16.8. The van der Waals surface area contributed by atoms with Crippen molar-refractivity contribution >= 4 is 17.3 Å². The standard InChI is InChI=1S/C23H30N4O/c1-19-7-6-8-20(17-19)26-13-15-27(16-14-26)23(28)22-10-9-21(18-24-22)25-11-4-2-3-5-12-25/h6-10,17-18H,2-5,11-16H2,1H3. The summed E-state index contributed by atoms with van der Waals surface area (Å²) in [5.74, 6) is 0.0475. The lowest BCUT2D eigenvalue weighted by Gasteiger charge is -2.36. The lowest BCUT2D eigenvalue weighted by molar-refractivity contribution is 0.0741. The van der Waals surface area contributed by atoms with Crippen LogP contribution in [0.25, 0.3) is 0 Å². The van der Waals surface area contributed by atoms with E-state index >= 15 is 0 Å². The Hall–Kier alpha value is -2.56. The van der Waals surface area contributed by atoms with Crippen molar-refractivity contribution in [2.24, 2.45) is 0 Å². The smallest absolute Gasteiger partial charge is 0.272 e. The fourth-order valence-corrected chi connectivity index (χ4v) is 4.18. The van der Waals surface area contributed by atoms with Gasteiger partial charge < -0.3 is 14.7 Å². The molecule has 1 amide bonds. The Labute approximate surface area is 168 Å². The molecule has 2 fully saturated rings. The van der Waals surface area contributed by atoms with Gasteiger partial charge in [-0.1, -0.05) is 25.0 Å². The Bertz CT molecular complexity index is 789. The van der Waals surface area contributed by atoms with Gasteiger partial charge in [0.15, 0.2) is 0 Å². The predicted octanol–water partition coefficient (Wildman–Crippen LogP) is 3.73. The molecule has 5 heteroatoms.